The highest BCUT2D eigenvalue weighted by molar-refractivity contribution is 4.80. The Balaban J connectivity index is 1.73. The Hall–Kier alpha value is -0.120. The van der Waals surface area contributed by atoms with E-state index in [0.29, 0.717) is 6.54 Å². The number of morpholine rings is 1. The first-order valence-corrected chi connectivity index (χ1v) is 4.92. The van der Waals surface area contributed by atoms with E-state index < -0.39 is 0 Å². The smallest absolute Gasteiger partial charge is 0.0824 e. The van der Waals surface area contributed by atoms with Crippen molar-refractivity contribution in [3.63, 3.8) is 0 Å². The van der Waals surface area contributed by atoms with Crippen LogP contribution in [0.1, 0.15) is 12.8 Å². The Morgan fingerprint density at radius 2 is 2.25 bits per heavy atom. The molecule has 2 aliphatic rings. The maximum atomic E-state index is 5.56. The van der Waals surface area contributed by atoms with Crippen LogP contribution in [0.2, 0.25) is 0 Å². The SMILES string of the molecule is NC[C@H]1CN(CC2CC2)CCO1. The molecule has 2 fully saturated rings. The second-order valence-electron chi connectivity index (χ2n) is 3.93. The third kappa shape index (κ3) is 2.19. The van der Waals surface area contributed by atoms with E-state index in [-0.39, 0.29) is 6.10 Å². The highest BCUT2D eigenvalue weighted by Gasteiger charge is 2.27. The molecule has 1 saturated carbocycles. The number of hydrogen-bond acceptors (Lipinski definition) is 3. The molecule has 70 valence electrons. The Bertz CT molecular complexity index is 147. The number of hydrogen-bond donors (Lipinski definition) is 1. The Morgan fingerprint density at radius 3 is 2.92 bits per heavy atom. The first kappa shape index (κ1) is 8.48. The van der Waals surface area contributed by atoms with Gasteiger partial charge < -0.3 is 10.5 Å². The first-order chi connectivity index (χ1) is 5.88. The lowest BCUT2D eigenvalue weighted by molar-refractivity contribution is -0.0244. The van der Waals surface area contributed by atoms with Gasteiger partial charge in [-0.2, -0.15) is 0 Å². The van der Waals surface area contributed by atoms with Crippen molar-refractivity contribution in [2.24, 2.45) is 11.7 Å². The van der Waals surface area contributed by atoms with E-state index >= 15 is 0 Å². The molecule has 2 rings (SSSR count). The van der Waals surface area contributed by atoms with Crippen molar-refractivity contribution in [3.05, 3.63) is 0 Å². The van der Waals surface area contributed by atoms with Gasteiger partial charge in [0.05, 0.1) is 12.7 Å². The van der Waals surface area contributed by atoms with Gasteiger partial charge in [0.25, 0.3) is 0 Å². The molecule has 0 aromatic carbocycles. The third-order valence-electron chi connectivity index (χ3n) is 2.70. The molecule has 1 heterocycles. The topological polar surface area (TPSA) is 38.5 Å². The second kappa shape index (κ2) is 3.73. The summed E-state index contributed by atoms with van der Waals surface area (Å²) in [5, 5.41) is 0. The van der Waals surface area contributed by atoms with Crippen LogP contribution in [-0.4, -0.2) is 43.8 Å². The second-order valence-corrected chi connectivity index (χ2v) is 3.93. The third-order valence-corrected chi connectivity index (χ3v) is 2.70. The lowest BCUT2D eigenvalue weighted by atomic mass is 10.2. The molecule has 0 spiro atoms. The number of nitrogens with zero attached hydrogens (tertiary/aromatic N) is 1. The molecular weight excluding hydrogens is 152 g/mol. The highest BCUT2D eigenvalue weighted by atomic mass is 16.5. The molecule has 1 atom stereocenters. The highest BCUT2D eigenvalue weighted by Crippen LogP contribution is 2.30. The van der Waals surface area contributed by atoms with Gasteiger partial charge in [-0.25, -0.2) is 0 Å². The zero-order valence-electron chi connectivity index (χ0n) is 7.54. The molecule has 0 radical (unpaired) electrons. The van der Waals surface area contributed by atoms with Crippen molar-refractivity contribution in [2.75, 3.05) is 32.8 Å². The van der Waals surface area contributed by atoms with Gasteiger partial charge in [-0.1, -0.05) is 0 Å². The Labute approximate surface area is 73.9 Å². The number of rotatable bonds is 3. The van der Waals surface area contributed by atoms with Crippen molar-refractivity contribution < 1.29 is 4.74 Å². The minimum Gasteiger partial charge on any atom is -0.374 e. The lowest BCUT2D eigenvalue weighted by Crippen LogP contribution is -2.46. The van der Waals surface area contributed by atoms with Crippen molar-refractivity contribution in [3.8, 4) is 0 Å². The molecule has 0 bridgehead atoms. The minimum atomic E-state index is 0.289. The summed E-state index contributed by atoms with van der Waals surface area (Å²) in [6.07, 6.45) is 3.16. The van der Waals surface area contributed by atoms with Crippen molar-refractivity contribution in [1.82, 2.24) is 4.90 Å². The average molecular weight is 170 g/mol. The monoisotopic (exact) mass is 170 g/mol. The average Bonchev–Trinajstić information content (AvgIpc) is 2.89. The van der Waals surface area contributed by atoms with Crippen LogP contribution in [0.25, 0.3) is 0 Å². The molecule has 1 saturated heterocycles. The van der Waals surface area contributed by atoms with Crippen LogP contribution in [0.5, 0.6) is 0 Å². The van der Waals surface area contributed by atoms with Crippen LogP contribution in [0.15, 0.2) is 0 Å². The normalized spacial score (nSPS) is 32.2. The van der Waals surface area contributed by atoms with Gasteiger partial charge in [-0.3, -0.25) is 4.90 Å². The largest absolute Gasteiger partial charge is 0.374 e. The molecule has 3 heteroatoms. The molecule has 0 unspecified atom stereocenters. The quantitative estimate of drug-likeness (QED) is 0.650. The van der Waals surface area contributed by atoms with Gasteiger partial charge >= 0.3 is 0 Å². The molecule has 2 N–H and O–H groups in total. The minimum absolute atomic E-state index is 0.289. The van der Waals surface area contributed by atoms with Crippen LogP contribution in [0, 0.1) is 5.92 Å². The summed E-state index contributed by atoms with van der Waals surface area (Å²) in [6.45, 7) is 4.97. The van der Waals surface area contributed by atoms with E-state index in [0.717, 1.165) is 25.6 Å². The van der Waals surface area contributed by atoms with E-state index in [2.05, 4.69) is 4.90 Å². The van der Waals surface area contributed by atoms with Gasteiger partial charge in [0.1, 0.15) is 0 Å². The summed E-state index contributed by atoms with van der Waals surface area (Å²) in [7, 11) is 0. The standard InChI is InChI=1S/C9H18N2O/c10-5-9-7-11(3-4-12-9)6-8-1-2-8/h8-9H,1-7,10H2/t9-/m0/s1. The maximum Gasteiger partial charge on any atom is 0.0824 e. The molecule has 12 heavy (non-hydrogen) atoms. The summed E-state index contributed by atoms with van der Waals surface area (Å²) in [6, 6.07) is 0. The molecule has 0 aromatic heterocycles. The van der Waals surface area contributed by atoms with Crippen LogP contribution in [0.4, 0.5) is 0 Å². The summed E-state index contributed by atoms with van der Waals surface area (Å²) in [5.74, 6) is 0.988. The van der Waals surface area contributed by atoms with E-state index in [4.69, 9.17) is 10.5 Å². The zero-order chi connectivity index (χ0) is 8.39. The molecule has 0 aromatic rings. The van der Waals surface area contributed by atoms with Gasteiger partial charge in [0, 0.05) is 26.2 Å². The summed E-state index contributed by atoms with van der Waals surface area (Å²) >= 11 is 0. The predicted octanol–water partition coefficient (Wildman–Crippen LogP) is 0.0559. The van der Waals surface area contributed by atoms with Gasteiger partial charge in [-0.05, 0) is 18.8 Å². The summed E-state index contributed by atoms with van der Waals surface area (Å²) in [4.78, 5) is 2.50. The van der Waals surface area contributed by atoms with E-state index in [9.17, 15) is 0 Å². The van der Waals surface area contributed by atoms with Crippen molar-refractivity contribution in [1.29, 1.82) is 0 Å². The van der Waals surface area contributed by atoms with Gasteiger partial charge in [0.2, 0.25) is 0 Å². The molecule has 0 amide bonds. The summed E-state index contributed by atoms with van der Waals surface area (Å²) in [5.41, 5.74) is 5.56. The fourth-order valence-electron chi connectivity index (χ4n) is 1.75. The van der Waals surface area contributed by atoms with Crippen molar-refractivity contribution in [2.45, 2.75) is 18.9 Å². The Kier molecular flexibility index (Phi) is 2.63. The number of nitrogens with two attached hydrogens (primary N) is 1. The lowest BCUT2D eigenvalue weighted by Gasteiger charge is -2.32. The van der Waals surface area contributed by atoms with Gasteiger partial charge in [-0.15, -0.1) is 0 Å². The van der Waals surface area contributed by atoms with Crippen LogP contribution < -0.4 is 5.73 Å². The zero-order valence-corrected chi connectivity index (χ0v) is 7.54. The molecule has 1 aliphatic heterocycles. The first-order valence-electron chi connectivity index (χ1n) is 4.92. The van der Waals surface area contributed by atoms with Crippen molar-refractivity contribution >= 4 is 0 Å². The van der Waals surface area contributed by atoms with Crippen LogP contribution >= 0.6 is 0 Å². The molecular formula is C9H18N2O. The summed E-state index contributed by atoms with van der Waals surface area (Å²) < 4.78 is 5.49. The Morgan fingerprint density at radius 1 is 1.42 bits per heavy atom. The van der Waals surface area contributed by atoms with E-state index in [1.165, 1.54) is 19.4 Å². The maximum absolute atomic E-state index is 5.56. The van der Waals surface area contributed by atoms with Crippen LogP contribution in [-0.2, 0) is 4.74 Å². The molecule has 3 nitrogen and oxygen atoms in total. The van der Waals surface area contributed by atoms with E-state index in [1.807, 2.05) is 0 Å². The fraction of sp³-hybridized carbons (Fsp3) is 1.00. The number of ether oxygens (including phenoxy) is 1. The van der Waals surface area contributed by atoms with Gasteiger partial charge in [0.15, 0.2) is 0 Å². The van der Waals surface area contributed by atoms with Crippen LogP contribution in [0.3, 0.4) is 0 Å². The predicted molar refractivity (Wildman–Crippen MR) is 48.0 cm³/mol. The van der Waals surface area contributed by atoms with E-state index in [1.54, 1.807) is 0 Å². The molecule has 1 aliphatic carbocycles. The fourth-order valence-corrected chi connectivity index (χ4v) is 1.75.